The van der Waals surface area contributed by atoms with Crippen LogP contribution in [0.3, 0.4) is 0 Å². The van der Waals surface area contributed by atoms with E-state index in [1.54, 1.807) is 4.90 Å². The van der Waals surface area contributed by atoms with Gasteiger partial charge in [-0.25, -0.2) is 0 Å². The van der Waals surface area contributed by atoms with Gasteiger partial charge in [0.25, 0.3) is 5.91 Å². The van der Waals surface area contributed by atoms with E-state index in [1.807, 2.05) is 12.1 Å². The molecule has 2 aliphatic heterocycles. The maximum Gasteiger partial charge on any atom is 0.263 e. The highest BCUT2D eigenvalue weighted by Gasteiger charge is 2.34. The van der Waals surface area contributed by atoms with Crippen molar-refractivity contribution in [2.75, 3.05) is 26.3 Å². The van der Waals surface area contributed by atoms with Gasteiger partial charge < -0.3 is 19.8 Å². The predicted octanol–water partition coefficient (Wildman–Crippen LogP) is 1.56. The van der Waals surface area contributed by atoms with Gasteiger partial charge in [0.1, 0.15) is 0 Å². The van der Waals surface area contributed by atoms with Crippen molar-refractivity contribution in [3.8, 4) is 0 Å². The summed E-state index contributed by atoms with van der Waals surface area (Å²) in [4.78, 5) is 16.1. The van der Waals surface area contributed by atoms with E-state index in [-0.39, 0.29) is 18.6 Å². The standard InChI is InChI=1S/C15H21NO4S/c17-10-15(19)5-7-16(8-6-15)14(18)13-4-3-12(21-13)11-2-1-9-20-11/h3-4,11,17,19H,1-2,5-10H2/t11-/m1/s1. The number of amides is 1. The first-order valence-electron chi connectivity index (χ1n) is 7.45. The molecule has 2 aliphatic rings. The van der Waals surface area contributed by atoms with Crippen molar-refractivity contribution in [3.05, 3.63) is 21.9 Å². The molecule has 3 heterocycles. The topological polar surface area (TPSA) is 70.0 Å². The molecule has 116 valence electrons. The first-order chi connectivity index (χ1) is 10.1. The molecule has 2 N–H and O–H groups in total. The number of thiophene rings is 1. The fourth-order valence-electron chi connectivity index (χ4n) is 2.88. The predicted molar refractivity (Wildman–Crippen MR) is 79.4 cm³/mol. The lowest BCUT2D eigenvalue weighted by Gasteiger charge is -2.36. The number of carbonyl (C=O) groups excluding carboxylic acids is 1. The highest BCUT2D eigenvalue weighted by atomic mass is 32.1. The number of piperidine rings is 1. The summed E-state index contributed by atoms with van der Waals surface area (Å²) < 4.78 is 5.64. The fraction of sp³-hybridized carbons (Fsp3) is 0.667. The van der Waals surface area contributed by atoms with Crippen LogP contribution in [0.2, 0.25) is 0 Å². The molecule has 0 bridgehead atoms. The SMILES string of the molecule is O=C(c1ccc([C@H]2CCCO2)s1)N1CCC(O)(CO)CC1. The fourth-order valence-corrected chi connectivity index (χ4v) is 3.94. The third kappa shape index (κ3) is 3.13. The highest BCUT2D eigenvalue weighted by molar-refractivity contribution is 7.14. The lowest BCUT2D eigenvalue weighted by molar-refractivity contribution is -0.0545. The zero-order valence-corrected chi connectivity index (χ0v) is 12.8. The average Bonchev–Trinajstić information content (AvgIpc) is 3.18. The second-order valence-corrected chi connectivity index (χ2v) is 6.99. The van der Waals surface area contributed by atoms with Crippen molar-refractivity contribution in [2.45, 2.75) is 37.4 Å². The van der Waals surface area contributed by atoms with Crippen LogP contribution < -0.4 is 0 Å². The van der Waals surface area contributed by atoms with E-state index in [0.717, 1.165) is 29.2 Å². The van der Waals surface area contributed by atoms with Gasteiger partial charge in [-0.15, -0.1) is 11.3 Å². The van der Waals surface area contributed by atoms with Gasteiger partial charge in [-0.2, -0.15) is 0 Å². The van der Waals surface area contributed by atoms with Crippen molar-refractivity contribution in [2.24, 2.45) is 0 Å². The van der Waals surface area contributed by atoms with E-state index in [2.05, 4.69) is 0 Å². The summed E-state index contributed by atoms with van der Waals surface area (Å²) >= 11 is 1.51. The number of carbonyl (C=O) groups is 1. The largest absolute Gasteiger partial charge is 0.393 e. The highest BCUT2D eigenvalue weighted by Crippen LogP contribution is 2.34. The van der Waals surface area contributed by atoms with Crippen LogP contribution in [0.5, 0.6) is 0 Å². The lowest BCUT2D eigenvalue weighted by Crippen LogP contribution is -2.48. The Hall–Kier alpha value is -0.950. The Bertz CT molecular complexity index is 502. The summed E-state index contributed by atoms with van der Waals surface area (Å²) in [6, 6.07) is 3.86. The molecule has 1 amide bonds. The summed E-state index contributed by atoms with van der Waals surface area (Å²) in [6.07, 6.45) is 3.12. The minimum Gasteiger partial charge on any atom is -0.393 e. The summed E-state index contributed by atoms with van der Waals surface area (Å²) in [5.74, 6) is 0.0178. The van der Waals surface area contributed by atoms with Gasteiger partial charge in [-0.05, 0) is 37.8 Å². The number of aliphatic hydroxyl groups excluding tert-OH is 1. The Morgan fingerprint density at radius 1 is 1.43 bits per heavy atom. The Kier molecular flexibility index (Phi) is 4.31. The zero-order valence-electron chi connectivity index (χ0n) is 12.0. The van der Waals surface area contributed by atoms with E-state index in [9.17, 15) is 9.90 Å². The van der Waals surface area contributed by atoms with Crippen LogP contribution in [-0.2, 0) is 4.74 Å². The molecule has 0 radical (unpaired) electrons. The van der Waals surface area contributed by atoms with E-state index >= 15 is 0 Å². The summed E-state index contributed by atoms with van der Waals surface area (Å²) in [7, 11) is 0. The van der Waals surface area contributed by atoms with E-state index in [0.29, 0.717) is 25.9 Å². The number of rotatable bonds is 3. The van der Waals surface area contributed by atoms with Crippen molar-refractivity contribution in [3.63, 3.8) is 0 Å². The van der Waals surface area contributed by atoms with Crippen molar-refractivity contribution < 1.29 is 19.7 Å². The summed E-state index contributed by atoms with van der Waals surface area (Å²) in [6.45, 7) is 1.54. The maximum absolute atomic E-state index is 12.5. The zero-order chi connectivity index (χ0) is 14.9. The number of hydrogen-bond acceptors (Lipinski definition) is 5. The molecule has 0 unspecified atom stereocenters. The monoisotopic (exact) mass is 311 g/mol. The molecule has 21 heavy (non-hydrogen) atoms. The van der Waals surface area contributed by atoms with E-state index < -0.39 is 5.60 Å². The minimum atomic E-state index is -1.02. The molecule has 0 spiro atoms. The second-order valence-electron chi connectivity index (χ2n) is 5.88. The maximum atomic E-state index is 12.5. The van der Waals surface area contributed by atoms with Crippen LogP contribution in [0, 0.1) is 0 Å². The van der Waals surface area contributed by atoms with Crippen molar-refractivity contribution in [1.29, 1.82) is 0 Å². The quantitative estimate of drug-likeness (QED) is 0.889. The van der Waals surface area contributed by atoms with Gasteiger partial charge in [0, 0.05) is 24.6 Å². The molecular weight excluding hydrogens is 290 g/mol. The van der Waals surface area contributed by atoms with Crippen LogP contribution >= 0.6 is 11.3 Å². The first-order valence-corrected chi connectivity index (χ1v) is 8.27. The number of aliphatic hydroxyl groups is 2. The van der Waals surface area contributed by atoms with Crippen molar-refractivity contribution >= 4 is 17.2 Å². The third-order valence-electron chi connectivity index (χ3n) is 4.36. The third-order valence-corrected chi connectivity index (χ3v) is 5.53. The molecule has 2 saturated heterocycles. The van der Waals surface area contributed by atoms with Gasteiger partial charge >= 0.3 is 0 Å². The molecule has 3 rings (SSSR count). The van der Waals surface area contributed by atoms with Crippen LogP contribution in [0.1, 0.15) is 46.3 Å². The van der Waals surface area contributed by atoms with Crippen LogP contribution in [0.4, 0.5) is 0 Å². The smallest absolute Gasteiger partial charge is 0.263 e. The van der Waals surface area contributed by atoms with Crippen LogP contribution in [0.15, 0.2) is 12.1 Å². The molecule has 5 nitrogen and oxygen atoms in total. The number of nitrogens with zero attached hydrogens (tertiary/aromatic N) is 1. The molecule has 0 saturated carbocycles. The molecule has 6 heteroatoms. The Labute approximate surface area is 128 Å². The molecule has 1 aromatic rings. The summed E-state index contributed by atoms with van der Waals surface area (Å²) in [5, 5.41) is 19.1. The number of likely N-dealkylation sites (tertiary alicyclic amines) is 1. The van der Waals surface area contributed by atoms with E-state index in [4.69, 9.17) is 9.84 Å². The van der Waals surface area contributed by atoms with Gasteiger partial charge in [-0.3, -0.25) is 4.79 Å². The van der Waals surface area contributed by atoms with Crippen LogP contribution in [-0.4, -0.2) is 52.9 Å². The number of hydrogen-bond donors (Lipinski definition) is 2. The van der Waals surface area contributed by atoms with Crippen LogP contribution in [0.25, 0.3) is 0 Å². The second kappa shape index (κ2) is 6.04. The molecule has 2 fully saturated rings. The Balaban J connectivity index is 1.63. The average molecular weight is 311 g/mol. The number of ether oxygens (including phenoxy) is 1. The van der Waals surface area contributed by atoms with Gasteiger partial charge in [0.2, 0.25) is 0 Å². The molecular formula is C15H21NO4S. The van der Waals surface area contributed by atoms with Crippen molar-refractivity contribution in [1.82, 2.24) is 4.90 Å². The first kappa shape index (κ1) is 15.0. The molecule has 1 aromatic heterocycles. The normalized spacial score (nSPS) is 25.2. The molecule has 0 aliphatic carbocycles. The molecule has 1 atom stereocenters. The Morgan fingerprint density at radius 2 is 2.19 bits per heavy atom. The molecule has 0 aromatic carbocycles. The van der Waals surface area contributed by atoms with Gasteiger partial charge in [0.05, 0.1) is 23.2 Å². The lowest BCUT2D eigenvalue weighted by atomic mass is 9.92. The minimum absolute atomic E-state index is 0.0178. The van der Waals surface area contributed by atoms with E-state index in [1.165, 1.54) is 11.3 Å². The van der Waals surface area contributed by atoms with Gasteiger partial charge in [0.15, 0.2) is 0 Å². The Morgan fingerprint density at radius 3 is 2.81 bits per heavy atom. The summed E-state index contributed by atoms with van der Waals surface area (Å²) in [5.41, 5.74) is -1.02. The van der Waals surface area contributed by atoms with Gasteiger partial charge in [-0.1, -0.05) is 0 Å².